The van der Waals surface area contributed by atoms with Crippen molar-refractivity contribution >= 4 is 0 Å². The third kappa shape index (κ3) is 4.41. The highest BCUT2D eigenvalue weighted by Gasteiger charge is 2.20. The number of aromatic hydroxyl groups is 2. The summed E-state index contributed by atoms with van der Waals surface area (Å²) in [5.41, 5.74) is 6.92. The van der Waals surface area contributed by atoms with Crippen LogP contribution in [0.2, 0.25) is 0 Å². The second-order valence-electron chi connectivity index (χ2n) is 9.79. The maximum atomic E-state index is 10.5. The minimum atomic E-state index is 0.441. The van der Waals surface area contributed by atoms with E-state index >= 15 is 0 Å². The lowest BCUT2D eigenvalue weighted by atomic mass is 9.82. The van der Waals surface area contributed by atoms with Gasteiger partial charge in [-0.25, -0.2) is 0 Å². The van der Waals surface area contributed by atoms with E-state index in [2.05, 4.69) is 36.4 Å². The van der Waals surface area contributed by atoms with E-state index in [0.29, 0.717) is 23.3 Å². The Kier molecular flexibility index (Phi) is 6.21. The molecule has 5 rings (SSSR count). The van der Waals surface area contributed by atoms with Crippen molar-refractivity contribution in [2.75, 3.05) is 0 Å². The van der Waals surface area contributed by atoms with Gasteiger partial charge in [0.15, 0.2) is 0 Å². The SMILES string of the molecule is Oc1ccc(-c2ccc(-c3ccc(O)c(C4CCCCC4)c3)cc2)cc1C1CCCCC1. The molecule has 0 saturated heterocycles. The maximum Gasteiger partial charge on any atom is 0.119 e. The van der Waals surface area contributed by atoms with Gasteiger partial charge < -0.3 is 10.2 Å². The molecule has 0 heterocycles. The Morgan fingerprint density at radius 3 is 1.16 bits per heavy atom. The lowest BCUT2D eigenvalue weighted by Crippen LogP contribution is -2.05. The fourth-order valence-electron chi connectivity index (χ4n) is 5.80. The molecule has 2 fully saturated rings. The summed E-state index contributed by atoms with van der Waals surface area (Å²) >= 11 is 0. The van der Waals surface area contributed by atoms with E-state index in [1.807, 2.05) is 24.3 Å². The lowest BCUT2D eigenvalue weighted by Gasteiger charge is -2.23. The molecule has 2 aliphatic carbocycles. The molecule has 0 unspecified atom stereocenters. The fourth-order valence-corrected chi connectivity index (χ4v) is 5.80. The molecular weight excluding hydrogens is 392 g/mol. The van der Waals surface area contributed by atoms with Gasteiger partial charge in [0, 0.05) is 0 Å². The average Bonchev–Trinajstić information content (AvgIpc) is 2.86. The number of hydrogen-bond acceptors (Lipinski definition) is 2. The Labute approximate surface area is 192 Å². The Bertz CT molecular complexity index is 968. The molecule has 0 bridgehead atoms. The van der Waals surface area contributed by atoms with Gasteiger partial charge in [-0.15, -0.1) is 0 Å². The molecule has 2 N–H and O–H groups in total. The third-order valence-electron chi connectivity index (χ3n) is 7.70. The van der Waals surface area contributed by atoms with Crippen molar-refractivity contribution in [3.05, 3.63) is 71.8 Å². The zero-order valence-corrected chi connectivity index (χ0v) is 18.9. The quantitative estimate of drug-likeness (QED) is 0.439. The summed E-state index contributed by atoms with van der Waals surface area (Å²) in [7, 11) is 0. The first-order chi connectivity index (χ1) is 15.7. The van der Waals surface area contributed by atoms with E-state index in [4.69, 9.17) is 0 Å². The average molecular weight is 427 g/mol. The molecule has 0 aliphatic heterocycles. The van der Waals surface area contributed by atoms with Gasteiger partial charge in [-0.1, -0.05) is 74.9 Å². The topological polar surface area (TPSA) is 40.5 Å². The van der Waals surface area contributed by atoms with Gasteiger partial charge in [0.05, 0.1) is 0 Å². The normalized spacial score (nSPS) is 18.0. The van der Waals surface area contributed by atoms with Crippen molar-refractivity contribution in [3.8, 4) is 33.8 Å². The van der Waals surface area contributed by atoms with E-state index in [9.17, 15) is 10.2 Å². The number of hydrogen-bond donors (Lipinski definition) is 2. The minimum absolute atomic E-state index is 0.441. The van der Waals surface area contributed by atoms with Crippen molar-refractivity contribution in [1.82, 2.24) is 0 Å². The molecule has 0 spiro atoms. The van der Waals surface area contributed by atoms with Crippen LogP contribution >= 0.6 is 0 Å². The molecule has 2 heteroatoms. The van der Waals surface area contributed by atoms with E-state index < -0.39 is 0 Å². The molecule has 0 aromatic heterocycles. The zero-order chi connectivity index (χ0) is 21.9. The van der Waals surface area contributed by atoms with E-state index in [1.54, 1.807) is 0 Å². The highest BCUT2D eigenvalue weighted by Crippen LogP contribution is 2.41. The lowest BCUT2D eigenvalue weighted by molar-refractivity contribution is 0.414. The number of phenols is 2. The zero-order valence-electron chi connectivity index (χ0n) is 18.9. The molecule has 2 nitrogen and oxygen atoms in total. The van der Waals surface area contributed by atoms with Gasteiger partial charge >= 0.3 is 0 Å². The predicted molar refractivity (Wildman–Crippen MR) is 132 cm³/mol. The van der Waals surface area contributed by atoms with Crippen LogP contribution in [0.5, 0.6) is 11.5 Å². The largest absolute Gasteiger partial charge is 0.508 e. The first-order valence-corrected chi connectivity index (χ1v) is 12.5. The van der Waals surface area contributed by atoms with Gasteiger partial charge in [0.25, 0.3) is 0 Å². The smallest absolute Gasteiger partial charge is 0.119 e. The first kappa shape index (κ1) is 21.1. The summed E-state index contributed by atoms with van der Waals surface area (Å²) in [6.07, 6.45) is 12.4. The van der Waals surface area contributed by atoms with Gasteiger partial charge in [-0.3, -0.25) is 0 Å². The molecule has 3 aromatic rings. The van der Waals surface area contributed by atoms with Crippen LogP contribution in [0.25, 0.3) is 22.3 Å². The number of benzene rings is 3. The molecule has 32 heavy (non-hydrogen) atoms. The van der Waals surface area contributed by atoms with Gasteiger partial charge in [-0.2, -0.15) is 0 Å². The Morgan fingerprint density at radius 1 is 0.438 bits per heavy atom. The van der Waals surface area contributed by atoms with Gasteiger partial charge in [0.1, 0.15) is 11.5 Å². The Morgan fingerprint density at radius 2 is 0.781 bits per heavy atom. The van der Waals surface area contributed by atoms with E-state index in [1.165, 1.54) is 86.5 Å². The third-order valence-corrected chi connectivity index (χ3v) is 7.70. The fraction of sp³-hybridized carbons (Fsp3) is 0.400. The van der Waals surface area contributed by atoms with Crippen LogP contribution in [-0.2, 0) is 0 Å². The maximum absolute atomic E-state index is 10.5. The summed E-state index contributed by atoms with van der Waals surface area (Å²) < 4.78 is 0. The van der Waals surface area contributed by atoms with Crippen LogP contribution in [0.15, 0.2) is 60.7 Å². The molecule has 0 atom stereocenters. The molecule has 2 saturated carbocycles. The van der Waals surface area contributed by atoms with Crippen molar-refractivity contribution in [2.45, 2.75) is 76.0 Å². The van der Waals surface area contributed by atoms with E-state index in [-0.39, 0.29) is 0 Å². The summed E-state index contributed by atoms with van der Waals surface area (Å²) in [4.78, 5) is 0. The number of phenolic OH excluding ortho intramolecular Hbond substituents is 2. The van der Waals surface area contributed by atoms with Crippen LogP contribution in [0, 0.1) is 0 Å². The standard InChI is InChI=1S/C30H34O2/c31-29-17-15-25(19-27(29)23-7-3-1-4-8-23)21-11-13-22(14-12-21)26-16-18-30(32)28(20-26)24-9-5-2-6-10-24/h11-20,23-24,31-32H,1-10H2. The van der Waals surface area contributed by atoms with Crippen LogP contribution < -0.4 is 0 Å². The van der Waals surface area contributed by atoms with E-state index in [0.717, 1.165) is 11.1 Å². The van der Waals surface area contributed by atoms with Crippen LogP contribution in [0.4, 0.5) is 0 Å². The summed E-state index contributed by atoms with van der Waals surface area (Å²) in [6, 6.07) is 20.9. The van der Waals surface area contributed by atoms with Crippen molar-refractivity contribution in [3.63, 3.8) is 0 Å². The Balaban J connectivity index is 1.40. The van der Waals surface area contributed by atoms with Crippen molar-refractivity contribution in [1.29, 1.82) is 0 Å². The highest BCUT2D eigenvalue weighted by atomic mass is 16.3. The predicted octanol–water partition coefficient (Wildman–Crippen LogP) is 8.53. The van der Waals surface area contributed by atoms with Crippen LogP contribution in [0.3, 0.4) is 0 Å². The van der Waals surface area contributed by atoms with Crippen LogP contribution in [-0.4, -0.2) is 10.2 Å². The van der Waals surface area contributed by atoms with Crippen molar-refractivity contribution < 1.29 is 10.2 Å². The minimum Gasteiger partial charge on any atom is -0.508 e. The molecule has 2 aliphatic rings. The first-order valence-electron chi connectivity index (χ1n) is 12.5. The summed E-state index contributed by atoms with van der Waals surface area (Å²) in [5.74, 6) is 1.85. The Hall–Kier alpha value is -2.74. The molecular formula is C30H34O2. The summed E-state index contributed by atoms with van der Waals surface area (Å²) in [6.45, 7) is 0. The molecule has 0 amide bonds. The summed E-state index contributed by atoms with van der Waals surface area (Å²) in [5, 5.41) is 20.9. The second kappa shape index (κ2) is 9.40. The number of rotatable bonds is 4. The second-order valence-corrected chi connectivity index (χ2v) is 9.79. The van der Waals surface area contributed by atoms with Gasteiger partial charge in [0.2, 0.25) is 0 Å². The molecule has 3 aromatic carbocycles. The van der Waals surface area contributed by atoms with Crippen molar-refractivity contribution in [2.24, 2.45) is 0 Å². The monoisotopic (exact) mass is 426 g/mol. The highest BCUT2D eigenvalue weighted by molar-refractivity contribution is 5.72. The van der Waals surface area contributed by atoms with Gasteiger partial charge in [-0.05, 0) is 95.2 Å². The van der Waals surface area contributed by atoms with Crippen LogP contribution in [0.1, 0.15) is 87.2 Å². The molecule has 0 radical (unpaired) electrons. The molecule has 166 valence electrons.